The van der Waals surface area contributed by atoms with Crippen LogP contribution in [0.4, 0.5) is 5.69 Å². The van der Waals surface area contributed by atoms with Gasteiger partial charge in [0.25, 0.3) is 5.91 Å². The number of hydrogen-bond acceptors (Lipinski definition) is 8. The van der Waals surface area contributed by atoms with E-state index in [1.807, 2.05) is 31.2 Å². The summed E-state index contributed by atoms with van der Waals surface area (Å²) >= 11 is 10.4. The molecule has 3 aliphatic heterocycles. The molecule has 0 aliphatic carbocycles. The molecule has 2 aromatic rings. The molecule has 1 unspecified atom stereocenters. The molecule has 286 valence electrons. The number of hydrogen-bond donors (Lipinski definition) is 2. The van der Waals surface area contributed by atoms with Gasteiger partial charge in [0.15, 0.2) is 0 Å². The number of unbranched alkanes of at least 4 members (excludes halogenated alkanes) is 2. The number of aliphatic hydroxyl groups excluding tert-OH is 1. The van der Waals surface area contributed by atoms with Crippen LogP contribution in [-0.2, 0) is 33.4 Å². The van der Waals surface area contributed by atoms with E-state index in [1.165, 1.54) is 7.11 Å². The Morgan fingerprint density at radius 2 is 1.91 bits per heavy atom. The number of carbonyl (C=O) groups excluding carboxylic acids is 4. The molecule has 0 saturated carbocycles. The van der Waals surface area contributed by atoms with Crippen molar-refractivity contribution in [2.75, 3.05) is 38.3 Å². The molecule has 2 aromatic carbocycles. The molecule has 3 fully saturated rings. The van der Waals surface area contributed by atoms with Gasteiger partial charge in [-0.15, -0.1) is 13.2 Å². The Bertz CT molecular complexity index is 1640. The predicted octanol–water partition coefficient (Wildman–Crippen LogP) is 5.46. The second kappa shape index (κ2) is 18.2. The number of rotatable bonds is 19. The molecule has 3 aliphatic rings. The van der Waals surface area contributed by atoms with Crippen molar-refractivity contribution in [2.24, 2.45) is 11.8 Å². The van der Waals surface area contributed by atoms with Crippen molar-refractivity contribution in [3.05, 3.63) is 90.0 Å². The fourth-order valence-corrected chi connectivity index (χ4v) is 9.41. The number of allylic oxidation sites excluding steroid dienone is 1. The third-order valence-electron chi connectivity index (χ3n) is 10.4. The number of esters is 1. The monoisotopic (exact) mass is 813 g/mol. The molecule has 3 heterocycles. The first kappa shape index (κ1) is 40.6. The molecule has 3 saturated heterocycles. The van der Waals surface area contributed by atoms with E-state index in [1.54, 1.807) is 46.2 Å². The van der Waals surface area contributed by atoms with Gasteiger partial charge in [-0.2, -0.15) is 0 Å². The highest BCUT2D eigenvalue weighted by Gasteiger charge is 2.77. The number of benzene rings is 2. The van der Waals surface area contributed by atoms with Crippen LogP contribution in [-0.4, -0.2) is 95.7 Å². The Morgan fingerprint density at radius 3 is 2.57 bits per heavy atom. The molecule has 0 radical (unpaired) electrons. The van der Waals surface area contributed by atoms with Gasteiger partial charge in [0.2, 0.25) is 11.8 Å². The number of ether oxygens (including phenoxy) is 3. The summed E-state index contributed by atoms with van der Waals surface area (Å²) in [4.78, 5) is 60.0. The summed E-state index contributed by atoms with van der Waals surface area (Å²) in [5.74, 6) is -3.76. The highest BCUT2D eigenvalue weighted by molar-refractivity contribution is 9.09. The summed E-state index contributed by atoms with van der Waals surface area (Å²) in [6.07, 6.45) is 4.21. The lowest BCUT2D eigenvalue weighted by atomic mass is 9.70. The number of para-hydroxylation sites is 1. The first-order valence-electron chi connectivity index (χ1n) is 18.1. The van der Waals surface area contributed by atoms with Crippen LogP contribution in [0, 0.1) is 18.8 Å². The number of alkyl halides is 1. The van der Waals surface area contributed by atoms with Crippen LogP contribution in [0.15, 0.2) is 73.8 Å². The zero-order valence-electron chi connectivity index (χ0n) is 30.3. The van der Waals surface area contributed by atoms with Gasteiger partial charge in [-0.25, -0.2) is 0 Å². The summed E-state index contributed by atoms with van der Waals surface area (Å²) in [6.45, 7) is 9.84. The topological polar surface area (TPSA) is 135 Å². The molecule has 2 bridgehead atoms. The Kier molecular flexibility index (Phi) is 13.9. The fourth-order valence-electron chi connectivity index (χ4n) is 8.15. The minimum Gasteiger partial charge on any atom is -0.455 e. The summed E-state index contributed by atoms with van der Waals surface area (Å²) in [7, 11) is 1.50. The highest BCUT2D eigenvalue weighted by Crippen LogP contribution is 2.60. The number of likely N-dealkylation sites (tertiary alicyclic amines) is 1. The minimum atomic E-state index is -1.35. The zero-order valence-corrected chi connectivity index (χ0v) is 32.6. The first-order chi connectivity index (χ1) is 25.5. The van der Waals surface area contributed by atoms with E-state index in [0.29, 0.717) is 48.4 Å². The van der Waals surface area contributed by atoms with E-state index in [9.17, 15) is 19.5 Å². The third-order valence-corrected chi connectivity index (χ3v) is 11.5. The third kappa shape index (κ3) is 8.27. The lowest BCUT2D eigenvalue weighted by Crippen LogP contribution is -2.57. The van der Waals surface area contributed by atoms with Gasteiger partial charge in [0.1, 0.15) is 17.7 Å². The quantitative estimate of drug-likeness (QED) is 0.0828. The zero-order chi connectivity index (χ0) is 38.3. The van der Waals surface area contributed by atoms with E-state index in [0.717, 1.165) is 5.56 Å². The smallest absolute Gasteiger partial charge is 0.313 e. The van der Waals surface area contributed by atoms with Crippen LogP contribution in [0.2, 0.25) is 5.02 Å². The number of aryl methyl sites for hydroxylation is 1. The van der Waals surface area contributed by atoms with Crippen LogP contribution in [0.3, 0.4) is 0 Å². The van der Waals surface area contributed by atoms with Crippen LogP contribution >= 0.6 is 27.5 Å². The van der Waals surface area contributed by atoms with Crippen molar-refractivity contribution in [3.63, 3.8) is 0 Å². The van der Waals surface area contributed by atoms with Gasteiger partial charge >= 0.3 is 5.97 Å². The van der Waals surface area contributed by atoms with Gasteiger partial charge < -0.3 is 34.4 Å². The Balaban J connectivity index is 1.54. The molecule has 0 aromatic heterocycles. The Hall–Kier alpha value is -3.55. The van der Waals surface area contributed by atoms with Crippen molar-refractivity contribution >= 4 is 56.9 Å². The van der Waals surface area contributed by atoms with Crippen molar-refractivity contribution in [2.45, 2.75) is 80.2 Å². The molecule has 5 rings (SSSR count). The second-order valence-corrected chi connectivity index (χ2v) is 15.4. The number of nitrogens with zero attached hydrogens (tertiary/aromatic N) is 2. The summed E-state index contributed by atoms with van der Waals surface area (Å²) in [6, 6.07) is 12.6. The molecule has 13 heteroatoms. The van der Waals surface area contributed by atoms with Gasteiger partial charge in [-0.3, -0.25) is 19.2 Å². The number of halogens is 2. The average molecular weight is 815 g/mol. The van der Waals surface area contributed by atoms with Crippen molar-refractivity contribution in [1.82, 2.24) is 10.2 Å². The van der Waals surface area contributed by atoms with E-state index >= 15 is 4.79 Å². The van der Waals surface area contributed by atoms with E-state index in [2.05, 4.69) is 34.4 Å². The maximum atomic E-state index is 15.0. The number of methoxy groups -OCH3 is 1. The number of carbonyl (C=O) groups is 4. The maximum Gasteiger partial charge on any atom is 0.313 e. The standard InChI is InChI=1S/C40H49BrClN3O8/c1-5-7-19-30(47)43-29(24-51-4)34(26-16-10-8-11-17-26)52-39(50)31-32-37(48)45(21-12-9-13-22-46)36(40(32)23-27(41)35(31)53-40)38(49)44(20-6-2)33-25(3)15-14-18-28(33)42/h5-6,8,10-11,14-18,27,29,31-32,34-36,46H,1-2,7,9,12-13,19-24H2,3-4H3,(H,43,47)/t27?,29-,31-,32+,34-,35-,36-,40+/m0/s1. The predicted molar refractivity (Wildman–Crippen MR) is 206 cm³/mol. The Labute approximate surface area is 324 Å². The molecule has 3 amide bonds. The van der Waals surface area contributed by atoms with E-state index in [-0.39, 0.29) is 49.4 Å². The van der Waals surface area contributed by atoms with Gasteiger partial charge in [-0.1, -0.05) is 82.1 Å². The minimum absolute atomic E-state index is 0.00704. The summed E-state index contributed by atoms with van der Waals surface area (Å²) in [5, 5.41) is 12.8. The fraction of sp³-hybridized carbons (Fsp3) is 0.500. The van der Waals surface area contributed by atoms with Gasteiger partial charge in [0.05, 0.1) is 41.3 Å². The van der Waals surface area contributed by atoms with Gasteiger partial charge in [-0.05, 0) is 56.2 Å². The number of aliphatic hydroxyl groups is 1. The molecule has 2 N–H and O–H groups in total. The lowest BCUT2D eigenvalue weighted by Gasteiger charge is -2.37. The lowest BCUT2D eigenvalue weighted by molar-refractivity contribution is -0.163. The maximum absolute atomic E-state index is 15.0. The van der Waals surface area contributed by atoms with E-state index < -0.39 is 53.6 Å². The van der Waals surface area contributed by atoms with Crippen LogP contribution in [0.5, 0.6) is 0 Å². The largest absolute Gasteiger partial charge is 0.455 e. The molecule has 1 spiro atoms. The van der Waals surface area contributed by atoms with E-state index in [4.69, 9.17) is 25.8 Å². The number of anilines is 1. The van der Waals surface area contributed by atoms with Crippen molar-refractivity contribution < 1.29 is 38.5 Å². The average Bonchev–Trinajstić information content (AvgIpc) is 3.73. The summed E-state index contributed by atoms with van der Waals surface area (Å²) in [5.41, 5.74) is 0.560. The molecule has 53 heavy (non-hydrogen) atoms. The Morgan fingerprint density at radius 1 is 1.15 bits per heavy atom. The van der Waals surface area contributed by atoms with Crippen LogP contribution < -0.4 is 10.2 Å². The number of nitrogens with one attached hydrogen (secondary N) is 1. The van der Waals surface area contributed by atoms with Crippen LogP contribution in [0.25, 0.3) is 0 Å². The number of amides is 3. The van der Waals surface area contributed by atoms with Crippen molar-refractivity contribution in [3.8, 4) is 0 Å². The van der Waals surface area contributed by atoms with Gasteiger partial charge in [0, 0.05) is 38.1 Å². The normalized spacial score (nSPS) is 25.4. The van der Waals surface area contributed by atoms with Crippen molar-refractivity contribution in [1.29, 1.82) is 0 Å². The van der Waals surface area contributed by atoms with Crippen LogP contribution in [0.1, 0.15) is 55.8 Å². The summed E-state index contributed by atoms with van der Waals surface area (Å²) < 4.78 is 18.6. The second-order valence-electron chi connectivity index (χ2n) is 13.8. The SMILES string of the molecule is C=CCCC(=O)N[C@@H](COC)[C@@H](OC(=O)[C@@H]1[C@H]2O[C@@]3(CC2Br)[C@H](C(=O)N(CC=C)c2c(C)cccc2Cl)N(CCCCCO)C(=O)[C@@H]13)c1ccccc1. The molecule has 8 atom stereocenters. The molecular weight excluding hydrogens is 766 g/mol. The molecular formula is C40H49BrClN3O8. The first-order valence-corrected chi connectivity index (χ1v) is 19.4. The molecule has 11 nitrogen and oxygen atoms in total. The highest BCUT2D eigenvalue weighted by atomic mass is 79.9. The number of fused-ring (bicyclic) bond motifs is 1.